The molecule has 0 spiro atoms. The molecule has 0 aromatic heterocycles. The molecule has 0 aliphatic rings. The lowest BCUT2D eigenvalue weighted by Gasteiger charge is -2.06. The molecular formula is C23H38OS. The maximum Gasteiger partial charge on any atom is 0.159 e. The fourth-order valence-corrected chi connectivity index (χ4v) is 2.51. The topological polar surface area (TPSA) is 20.2 Å². The highest BCUT2D eigenvalue weighted by molar-refractivity contribution is 7.80. The van der Waals surface area contributed by atoms with Gasteiger partial charge >= 0.3 is 0 Å². The van der Waals surface area contributed by atoms with E-state index in [9.17, 15) is 0 Å². The first-order chi connectivity index (χ1) is 12.2. The molecule has 0 aliphatic heterocycles. The molecule has 2 heteroatoms. The van der Waals surface area contributed by atoms with E-state index in [4.69, 9.17) is 17.3 Å². The predicted octanol–water partition coefficient (Wildman–Crippen LogP) is 8.04. The van der Waals surface area contributed by atoms with E-state index < -0.39 is 0 Å². The van der Waals surface area contributed by atoms with Crippen LogP contribution in [0.15, 0.2) is 48.6 Å². The van der Waals surface area contributed by atoms with Crippen LogP contribution in [-0.4, -0.2) is 10.2 Å². The summed E-state index contributed by atoms with van der Waals surface area (Å²) < 4.78 is 0. The van der Waals surface area contributed by atoms with Crippen LogP contribution in [0.2, 0.25) is 0 Å². The summed E-state index contributed by atoms with van der Waals surface area (Å²) in [6.45, 7) is 4.23. The summed E-state index contributed by atoms with van der Waals surface area (Å²) in [5.41, 5.74) is 0. The lowest BCUT2D eigenvalue weighted by molar-refractivity contribution is 0.484. The molecule has 0 heterocycles. The normalized spacial score (nSPS) is 13.7. The number of hydrogen-bond donors (Lipinski definition) is 1. The number of aliphatic hydroxyl groups is 1. The van der Waals surface area contributed by atoms with Gasteiger partial charge in [0.15, 0.2) is 5.05 Å². The van der Waals surface area contributed by atoms with E-state index in [0.29, 0.717) is 0 Å². The zero-order valence-electron chi connectivity index (χ0n) is 16.3. The SMILES string of the molecule is CCCCCC=CCC=CCC=CCC=CCCCCC(C)C(O)=S. The Morgan fingerprint density at radius 3 is 1.64 bits per heavy atom. The summed E-state index contributed by atoms with van der Waals surface area (Å²) in [6.07, 6.45) is 30.7. The Balaban J connectivity index is 3.44. The molecule has 0 fully saturated rings. The van der Waals surface area contributed by atoms with Crippen LogP contribution < -0.4 is 0 Å². The van der Waals surface area contributed by atoms with Crippen LogP contribution in [0.4, 0.5) is 0 Å². The summed E-state index contributed by atoms with van der Waals surface area (Å²) in [5.74, 6) is 0.159. The minimum Gasteiger partial charge on any atom is -0.502 e. The second kappa shape index (κ2) is 19.2. The fourth-order valence-electron chi connectivity index (χ4n) is 2.40. The molecule has 142 valence electrons. The first-order valence-corrected chi connectivity index (χ1v) is 10.4. The molecule has 0 saturated heterocycles. The first-order valence-electron chi connectivity index (χ1n) is 10.0. The number of rotatable bonds is 16. The fraction of sp³-hybridized carbons (Fsp3) is 0.609. The molecule has 1 N–H and O–H groups in total. The molecule has 0 saturated carbocycles. The Morgan fingerprint density at radius 2 is 1.20 bits per heavy atom. The lowest BCUT2D eigenvalue weighted by atomic mass is 10.0. The predicted molar refractivity (Wildman–Crippen MR) is 117 cm³/mol. The molecule has 1 nitrogen and oxygen atoms in total. The number of unbranched alkanes of at least 4 members (excludes halogenated alkanes) is 5. The van der Waals surface area contributed by atoms with Gasteiger partial charge in [0.2, 0.25) is 0 Å². The Bertz CT molecular complexity index is 418. The Morgan fingerprint density at radius 1 is 0.760 bits per heavy atom. The zero-order chi connectivity index (χ0) is 18.6. The maximum atomic E-state index is 9.17. The molecule has 0 aromatic carbocycles. The van der Waals surface area contributed by atoms with Crippen LogP contribution in [-0.2, 0) is 0 Å². The van der Waals surface area contributed by atoms with Gasteiger partial charge in [0.1, 0.15) is 0 Å². The highest BCUT2D eigenvalue weighted by Crippen LogP contribution is 2.10. The zero-order valence-corrected chi connectivity index (χ0v) is 17.1. The van der Waals surface area contributed by atoms with E-state index in [1.165, 1.54) is 32.1 Å². The summed E-state index contributed by atoms with van der Waals surface area (Å²) >= 11 is 4.76. The van der Waals surface area contributed by atoms with Crippen molar-refractivity contribution in [2.75, 3.05) is 0 Å². The highest BCUT2D eigenvalue weighted by atomic mass is 32.1. The summed E-state index contributed by atoms with van der Waals surface area (Å²) in [5, 5.41) is 9.32. The van der Waals surface area contributed by atoms with E-state index in [2.05, 4.69) is 55.5 Å². The summed E-state index contributed by atoms with van der Waals surface area (Å²) in [6, 6.07) is 0. The van der Waals surface area contributed by atoms with Gasteiger partial charge in [-0.25, -0.2) is 0 Å². The van der Waals surface area contributed by atoms with Gasteiger partial charge in [-0.3, -0.25) is 0 Å². The van der Waals surface area contributed by atoms with Crippen molar-refractivity contribution in [1.29, 1.82) is 0 Å². The van der Waals surface area contributed by atoms with Crippen molar-refractivity contribution in [2.24, 2.45) is 5.92 Å². The van der Waals surface area contributed by atoms with Gasteiger partial charge in [-0.2, -0.15) is 0 Å². The molecule has 25 heavy (non-hydrogen) atoms. The minimum atomic E-state index is 0.151. The van der Waals surface area contributed by atoms with Crippen LogP contribution in [0, 0.1) is 5.92 Å². The van der Waals surface area contributed by atoms with Crippen molar-refractivity contribution in [1.82, 2.24) is 0 Å². The van der Waals surface area contributed by atoms with Crippen LogP contribution in [0.3, 0.4) is 0 Å². The van der Waals surface area contributed by atoms with E-state index in [0.717, 1.165) is 38.5 Å². The number of thiocarbonyl (C=S) groups is 1. The smallest absolute Gasteiger partial charge is 0.159 e. The Labute approximate surface area is 161 Å². The van der Waals surface area contributed by atoms with E-state index in [1.54, 1.807) is 0 Å². The molecule has 0 rings (SSSR count). The second-order valence-electron chi connectivity index (χ2n) is 6.61. The molecule has 0 bridgehead atoms. The van der Waals surface area contributed by atoms with Crippen LogP contribution in [0.1, 0.15) is 84.5 Å². The third-order valence-corrected chi connectivity index (χ3v) is 4.54. The van der Waals surface area contributed by atoms with Crippen molar-refractivity contribution in [3.63, 3.8) is 0 Å². The Kier molecular flexibility index (Phi) is 18.3. The quantitative estimate of drug-likeness (QED) is 0.170. The standard InChI is InChI=1S/C23H38OS/c1-3-4-5-6-7-8-9-10-11-12-13-14-15-16-17-18-19-20-21-22(2)23(24)25/h7-8,10-11,13-14,16-17,22H,3-6,9,12,15,18-21H2,1-2H3,(H,24,25). The average Bonchev–Trinajstić information content (AvgIpc) is 2.60. The number of allylic oxidation sites excluding steroid dienone is 8. The van der Waals surface area contributed by atoms with Gasteiger partial charge in [0.25, 0.3) is 0 Å². The van der Waals surface area contributed by atoms with Crippen LogP contribution in [0.5, 0.6) is 0 Å². The van der Waals surface area contributed by atoms with Crippen molar-refractivity contribution >= 4 is 17.3 Å². The van der Waals surface area contributed by atoms with Gasteiger partial charge in [-0.1, -0.05) is 81.7 Å². The van der Waals surface area contributed by atoms with Gasteiger partial charge in [0.05, 0.1) is 0 Å². The number of hydrogen-bond acceptors (Lipinski definition) is 1. The molecule has 0 aliphatic carbocycles. The monoisotopic (exact) mass is 362 g/mol. The largest absolute Gasteiger partial charge is 0.502 e. The van der Waals surface area contributed by atoms with E-state index in [-0.39, 0.29) is 11.0 Å². The van der Waals surface area contributed by atoms with E-state index >= 15 is 0 Å². The first kappa shape index (κ1) is 23.9. The van der Waals surface area contributed by atoms with Crippen LogP contribution in [0.25, 0.3) is 0 Å². The Hall–Kier alpha value is -1.15. The van der Waals surface area contributed by atoms with Crippen LogP contribution >= 0.6 is 12.2 Å². The van der Waals surface area contributed by atoms with Gasteiger partial charge in [0, 0.05) is 5.92 Å². The third-order valence-electron chi connectivity index (χ3n) is 4.14. The van der Waals surface area contributed by atoms with Crippen molar-refractivity contribution in [3.05, 3.63) is 48.6 Å². The van der Waals surface area contributed by atoms with Gasteiger partial charge < -0.3 is 5.11 Å². The molecule has 0 amide bonds. The summed E-state index contributed by atoms with van der Waals surface area (Å²) in [4.78, 5) is 0. The van der Waals surface area contributed by atoms with Gasteiger partial charge in [-0.15, -0.1) is 0 Å². The average molecular weight is 363 g/mol. The molecule has 0 radical (unpaired) electrons. The molecule has 1 atom stereocenters. The maximum absolute atomic E-state index is 9.17. The lowest BCUT2D eigenvalue weighted by Crippen LogP contribution is -2.06. The van der Waals surface area contributed by atoms with Crippen molar-refractivity contribution in [3.8, 4) is 0 Å². The third kappa shape index (κ3) is 19.0. The van der Waals surface area contributed by atoms with E-state index in [1.807, 2.05) is 6.92 Å². The second-order valence-corrected chi connectivity index (χ2v) is 7.03. The minimum absolute atomic E-state index is 0.151. The van der Waals surface area contributed by atoms with Crippen molar-refractivity contribution < 1.29 is 5.11 Å². The summed E-state index contributed by atoms with van der Waals surface area (Å²) in [7, 11) is 0. The van der Waals surface area contributed by atoms with Crippen molar-refractivity contribution in [2.45, 2.75) is 84.5 Å². The highest BCUT2D eigenvalue weighted by Gasteiger charge is 2.04. The molecule has 1 unspecified atom stereocenters. The molecular weight excluding hydrogens is 324 g/mol. The number of aliphatic hydroxyl groups excluding tert-OH is 1. The molecule has 0 aromatic rings. The van der Waals surface area contributed by atoms with Gasteiger partial charge in [-0.05, 0) is 63.6 Å².